The van der Waals surface area contributed by atoms with E-state index in [0.717, 1.165) is 11.6 Å². The number of benzene rings is 2. The summed E-state index contributed by atoms with van der Waals surface area (Å²) in [4.78, 5) is 26.6. The quantitative estimate of drug-likeness (QED) is 0.656. The zero-order chi connectivity index (χ0) is 23.1. The molecule has 1 aliphatic rings. The first-order valence-electron chi connectivity index (χ1n) is 10.7. The Morgan fingerprint density at radius 2 is 1.94 bits per heavy atom. The molecule has 2 aromatic carbocycles. The summed E-state index contributed by atoms with van der Waals surface area (Å²) in [5.41, 5.74) is 1.96. The number of nitrogens with zero attached hydrogens (tertiary/aromatic N) is 1. The van der Waals surface area contributed by atoms with Gasteiger partial charge in [-0.2, -0.15) is 0 Å². The molecule has 0 aromatic heterocycles. The molecule has 0 bridgehead atoms. The fourth-order valence-corrected chi connectivity index (χ4v) is 3.59. The van der Waals surface area contributed by atoms with Crippen LogP contribution in [0.25, 0.3) is 0 Å². The SMILES string of the molecule is CC(C)NC(=O)c1cccc(CC(=O)NC[C@H]2CN(Cc3ccc(F)c(F)c3)CCO2)c1. The third-order valence-electron chi connectivity index (χ3n) is 5.11. The maximum Gasteiger partial charge on any atom is 0.251 e. The van der Waals surface area contributed by atoms with Crippen molar-refractivity contribution in [2.24, 2.45) is 0 Å². The summed E-state index contributed by atoms with van der Waals surface area (Å²) in [7, 11) is 0. The minimum atomic E-state index is -0.859. The fraction of sp³-hybridized carbons (Fsp3) is 0.417. The number of carbonyl (C=O) groups excluding carboxylic acids is 2. The van der Waals surface area contributed by atoms with Crippen molar-refractivity contribution in [3.05, 3.63) is 70.8 Å². The molecule has 32 heavy (non-hydrogen) atoms. The van der Waals surface area contributed by atoms with Gasteiger partial charge in [-0.15, -0.1) is 0 Å². The summed E-state index contributed by atoms with van der Waals surface area (Å²) in [6, 6.07) is 11.0. The number of nitrogens with one attached hydrogen (secondary N) is 2. The molecule has 1 heterocycles. The van der Waals surface area contributed by atoms with Crippen LogP contribution in [0.15, 0.2) is 42.5 Å². The second-order valence-corrected chi connectivity index (χ2v) is 8.29. The molecule has 2 aromatic rings. The van der Waals surface area contributed by atoms with E-state index in [4.69, 9.17) is 4.74 Å². The van der Waals surface area contributed by atoms with Crippen molar-refractivity contribution in [1.29, 1.82) is 0 Å². The lowest BCUT2D eigenvalue weighted by Crippen LogP contribution is -2.47. The van der Waals surface area contributed by atoms with E-state index in [9.17, 15) is 18.4 Å². The average molecular weight is 446 g/mol. The zero-order valence-corrected chi connectivity index (χ0v) is 18.4. The van der Waals surface area contributed by atoms with Crippen LogP contribution in [0.5, 0.6) is 0 Å². The number of amides is 2. The molecule has 1 atom stereocenters. The number of ether oxygens (including phenoxy) is 1. The van der Waals surface area contributed by atoms with Crippen LogP contribution >= 0.6 is 0 Å². The van der Waals surface area contributed by atoms with Crippen molar-refractivity contribution in [1.82, 2.24) is 15.5 Å². The van der Waals surface area contributed by atoms with Gasteiger partial charge in [0.25, 0.3) is 5.91 Å². The number of morpholine rings is 1. The van der Waals surface area contributed by atoms with Gasteiger partial charge in [0.1, 0.15) is 0 Å². The lowest BCUT2D eigenvalue weighted by atomic mass is 10.1. The number of rotatable bonds is 8. The van der Waals surface area contributed by atoms with Gasteiger partial charge in [-0.25, -0.2) is 8.78 Å². The lowest BCUT2D eigenvalue weighted by Gasteiger charge is -2.33. The summed E-state index contributed by atoms with van der Waals surface area (Å²) in [6.07, 6.45) is -0.0326. The van der Waals surface area contributed by atoms with Gasteiger partial charge in [0.2, 0.25) is 5.91 Å². The number of halogens is 2. The molecule has 2 N–H and O–H groups in total. The molecule has 172 valence electrons. The highest BCUT2D eigenvalue weighted by Crippen LogP contribution is 2.14. The summed E-state index contributed by atoms with van der Waals surface area (Å²) in [5.74, 6) is -2.04. The third kappa shape index (κ3) is 7.10. The molecule has 8 heteroatoms. The van der Waals surface area contributed by atoms with Crippen LogP contribution < -0.4 is 10.6 Å². The Kier molecular flexibility index (Phi) is 8.30. The molecule has 6 nitrogen and oxygen atoms in total. The molecule has 0 saturated carbocycles. The van der Waals surface area contributed by atoms with Gasteiger partial charge in [0, 0.05) is 37.8 Å². The number of hydrogen-bond donors (Lipinski definition) is 2. The second kappa shape index (κ2) is 11.2. The van der Waals surface area contributed by atoms with Crippen LogP contribution in [-0.2, 0) is 22.5 Å². The van der Waals surface area contributed by atoms with Crippen LogP contribution in [0.4, 0.5) is 8.78 Å². The highest BCUT2D eigenvalue weighted by atomic mass is 19.2. The van der Waals surface area contributed by atoms with Crippen LogP contribution in [0.2, 0.25) is 0 Å². The average Bonchev–Trinajstić information content (AvgIpc) is 2.75. The van der Waals surface area contributed by atoms with E-state index >= 15 is 0 Å². The summed E-state index contributed by atoms with van der Waals surface area (Å²) < 4.78 is 32.3. The van der Waals surface area contributed by atoms with E-state index in [0.29, 0.717) is 43.9 Å². The Balaban J connectivity index is 1.47. The number of hydrogen-bond acceptors (Lipinski definition) is 4. The fourth-order valence-electron chi connectivity index (χ4n) is 3.59. The third-order valence-corrected chi connectivity index (χ3v) is 5.11. The van der Waals surface area contributed by atoms with E-state index in [1.54, 1.807) is 24.3 Å². The van der Waals surface area contributed by atoms with Crippen molar-refractivity contribution in [2.45, 2.75) is 39.0 Å². The molecule has 0 unspecified atom stereocenters. The monoisotopic (exact) mass is 445 g/mol. The Hall–Kier alpha value is -2.84. The van der Waals surface area contributed by atoms with Crippen molar-refractivity contribution in [2.75, 3.05) is 26.2 Å². The van der Waals surface area contributed by atoms with Crippen LogP contribution in [0.3, 0.4) is 0 Å². The Bertz CT molecular complexity index is 952. The Labute approximate surface area is 186 Å². The first-order valence-corrected chi connectivity index (χ1v) is 10.7. The largest absolute Gasteiger partial charge is 0.374 e. The molecule has 2 amide bonds. The van der Waals surface area contributed by atoms with Gasteiger partial charge in [0.15, 0.2) is 11.6 Å². The van der Waals surface area contributed by atoms with Crippen LogP contribution in [0.1, 0.15) is 35.3 Å². The summed E-state index contributed by atoms with van der Waals surface area (Å²) >= 11 is 0. The van der Waals surface area contributed by atoms with Gasteiger partial charge in [0.05, 0.1) is 19.1 Å². The molecule has 0 radical (unpaired) electrons. The van der Waals surface area contributed by atoms with Crippen molar-refractivity contribution < 1.29 is 23.1 Å². The molecule has 1 fully saturated rings. The first-order chi connectivity index (χ1) is 15.3. The maximum absolute atomic E-state index is 13.4. The highest BCUT2D eigenvalue weighted by molar-refractivity contribution is 5.94. The van der Waals surface area contributed by atoms with Crippen molar-refractivity contribution in [3.8, 4) is 0 Å². The Morgan fingerprint density at radius 3 is 2.69 bits per heavy atom. The zero-order valence-electron chi connectivity index (χ0n) is 18.4. The highest BCUT2D eigenvalue weighted by Gasteiger charge is 2.21. The maximum atomic E-state index is 13.4. The van der Waals surface area contributed by atoms with E-state index < -0.39 is 11.6 Å². The van der Waals surface area contributed by atoms with Gasteiger partial charge in [-0.3, -0.25) is 14.5 Å². The summed E-state index contributed by atoms with van der Waals surface area (Å²) in [5, 5.41) is 5.72. The number of carbonyl (C=O) groups is 2. The van der Waals surface area contributed by atoms with Gasteiger partial charge >= 0.3 is 0 Å². The van der Waals surface area contributed by atoms with Gasteiger partial charge < -0.3 is 15.4 Å². The van der Waals surface area contributed by atoms with Crippen molar-refractivity contribution >= 4 is 11.8 Å². The molecular formula is C24H29F2N3O3. The second-order valence-electron chi connectivity index (χ2n) is 8.29. The van der Waals surface area contributed by atoms with E-state index in [1.165, 1.54) is 6.07 Å². The standard InChI is InChI=1S/C24H29F2N3O3/c1-16(2)28-24(31)19-5-3-4-17(10-19)12-23(30)27-13-20-15-29(8-9-32-20)14-18-6-7-21(25)22(26)11-18/h3-7,10-11,16,20H,8-9,12-15H2,1-2H3,(H,27,30)(H,28,31)/t20-/m0/s1. The first kappa shape index (κ1) is 23.8. The van der Waals surface area contributed by atoms with Gasteiger partial charge in [-0.05, 0) is 49.2 Å². The Morgan fingerprint density at radius 1 is 1.12 bits per heavy atom. The van der Waals surface area contributed by atoms with Crippen molar-refractivity contribution in [3.63, 3.8) is 0 Å². The topological polar surface area (TPSA) is 70.7 Å². The molecule has 3 rings (SSSR count). The lowest BCUT2D eigenvalue weighted by molar-refractivity contribution is -0.121. The minimum Gasteiger partial charge on any atom is -0.374 e. The molecular weight excluding hydrogens is 416 g/mol. The van der Waals surface area contributed by atoms with E-state index in [1.807, 2.05) is 19.9 Å². The predicted octanol–water partition coefficient (Wildman–Crippen LogP) is 2.66. The summed E-state index contributed by atoms with van der Waals surface area (Å²) in [6.45, 7) is 6.36. The molecule has 0 spiro atoms. The van der Waals surface area contributed by atoms with Crippen LogP contribution in [0, 0.1) is 11.6 Å². The van der Waals surface area contributed by atoms with Gasteiger partial charge in [-0.1, -0.05) is 18.2 Å². The molecule has 1 aliphatic heterocycles. The molecule has 0 aliphatic carbocycles. The van der Waals surface area contributed by atoms with Crippen LogP contribution in [-0.4, -0.2) is 55.1 Å². The smallest absolute Gasteiger partial charge is 0.251 e. The molecule has 1 saturated heterocycles. The van der Waals surface area contributed by atoms with E-state index in [-0.39, 0.29) is 30.4 Å². The minimum absolute atomic E-state index is 0.0339. The normalized spacial score (nSPS) is 16.7. The predicted molar refractivity (Wildman–Crippen MR) is 117 cm³/mol. The van der Waals surface area contributed by atoms with E-state index in [2.05, 4.69) is 15.5 Å².